The van der Waals surface area contributed by atoms with Gasteiger partial charge in [-0.3, -0.25) is 24.9 Å². The highest BCUT2D eigenvalue weighted by molar-refractivity contribution is 6.06. The third kappa shape index (κ3) is 4.74. The molecule has 212 valence electrons. The molecule has 4 heterocycles. The maximum atomic E-state index is 16.3. The number of aliphatic hydroxyl groups is 1. The number of likely N-dealkylation sites (tertiary alicyclic amines) is 1. The molecule has 0 bridgehead atoms. The maximum Gasteiger partial charge on any atom is 0.328 e. The number of pyridine rings is 1. The van der Waals surface area contributed by atoms with Gasteiger partial charge in [-0.25, -0.2) is 9.18 Å². The van der Waals surface area contributed by atoms with E-state index in [1.54, 1.807) is 25.1 Å². The first-order valence-corrected chi connectivity index (χ1v) is 13.6. The van der Waals surface area contributed by atoms with Crippen LogP contribution in [-0.2, 0) is 16.9 Å². The number of halogens is 1. The van der Waals surface area contributed by atoms with Crippen molar-refractivity contribution in [3.8, 4) is 11.4 Å². The highest BCUT2D eigenvalue weighted by Gasteiger charge is 2.50. The molecule has 10 nitrogen and oxygen atoms in total. The summed E-state index contributed by atoms with van der Waals surface area (Å²) in [6, 6.07) is 12.3. The standard InChI is InChI=1S/C30H31FN6O4/c1-18-24(37-12-10-25(38)34-28(37)39)14-21-23(33-18)9-8-22(26(21)31)30(40)11-13-36(16-29(30,2)3)15-19-4-6-20(7-5-19)27-32-17-41-35-27/h4-9,14,17,40H,10-13,15-16H2,1-3H3,(H,34,38,39)/t30-/m1/s1. The van der Waals surface area contributed by atoms with Crippen molar-refractivity contribution in [1.29, 1.82) is 0 Å². The predicted octanol–water partition coefficient (Wildman–Crippen LogP) is 4.30. The van der Waals surface area contributed by atoms with E-state index in [1.165, 1.54) is 11.3 Å². The Hall–Kier alpha value is -4.22. The molecule has 2 N–H and O–H groups in total. The lowest BCUT2D eigenvalue weighted by Crippen LogP contribution is -2.55. The second-order valence-electron chi connectivity index (χ2n) is 11.5. The van der Waals surface area contributed by atoms with Crippen molar-refractivity contribution in [2.75, 3.05) is 24.5 Å². The number of anilines is 1. The van der Waals surface area contributed by atoms with Crippen molar-refractivity contribution in [3.05, 3.63) is 71.5 Å². The Morgan fingerprint density at radius 3 is 2.59 bits per heavy atom. The summed E-state index contributed by atoms with van der Waals surface area (Å²) in [5.74, 6) is -0.362. The smallest absolute Gasteiger partial charge is 0.328 e. The molecule has 0 spiro atoms. The van der Waals surface area contributed by atoms with E-state index in [2.05, 4.69) is 25.3 Å². The van der Waals surface area contributed by atoms with Crippen molar-refractivity contribution < 1.29 is 23.6 Å². The molecule has 0 aliphatic carbocycles. The number of aryl methyl sites for hydroxylation is 1. The summed E-state index contributed by atoms with van der Waals surface area (Å²) in [4.78, 5) is 36.4. The highest BCUT2D eigenvalue weighted by atomic mass is 19.1. The number of urea groups is 1. The van der Waals surface area contributed by atoms with Crippen LogP contribution in [0.5, 0.6) is 0 Å². The zero-order valence-corrected chi connectivity index (χ0v) is 23.1. The second-order valence-corrected chi connectivity index (χ2v) is 11.5. The number of aromatic nitrogens is 3. The fraction of sp³-hybridized carbons (Fsp3) is 0.367. The normalized spacial score (nSPS) is 21.3. The molecule has 2 aromatic heterocycles. The molecule has 0 saturated carbocycles. The van der Waals surface area contributed by atoms with Gasteiger partial charge in [0.15, 0.2) is 0 Å². The zero-order valence-electron chi connectivity index (χ0n) is 23.1. The molecule has 2 fully saturated rings. The van der Waals surface area contributed by atoms with Crippen molar-refractivity contribution in [2.24, 2.45) is 5.41 Å². The fourth-order valence-electron chi connectivity index (χ4n) is 6.06. The number of hydrogen-bond donors (Lipinski definition) is 2. The molecular weight excluding hydrogens is 527 g/mol. The number of imide groups is 1. The average molecular weight is 559 g/mol. The Bertz CT molecular complexity index is 1640. The third-order valence-corrected chi connectivity index (χ3v) is 8.39. The number of rotatable bonds is 5. The van der Waals surface area contributed by atoms with Gasteiger partial charge in [0.25, 0.3) is 0 Å². The van der Waals surface area contributed by atoms with Crippen molar-refractivity contribution >= 4 is 28.5 Å². The maximum absolute atomic E-state index is 16.3. The number of carbonyl (C=O) groups excluding carboxylic acids is 2. The van der Waals surface area contributed by atoms with E-state index in [1.807, 2.05) is 38.1 Å². The van der Waals surface area contributed by atoms with Crippen LogP contribution in [0.1, 0.15) is 43.5 Å². The van der Waals surface area contributed by atoms with Crippen LogP contribution in [0.3, 0.4) is 0 Å². The minimum atomic E-state index is -1.43. The Balaban J connectivity index is 1.26. The van der Waals surface area contributed by atoms with Gasteiger partial charge in [-0.2, -0.15) is 4.98 Å². The van der Waals surface area contributed by atoms with Gasteiger partial charge < -0.3 is 9.63 Å². The zero-order chi connectivity index (χ0) is 28.9. The number of nitrogens with one attached hydrogen (secondary N) is 1. The number of amides is 3. The molecule has 2 saturated heterocycles. The Kier molecular flexibility index (Phi) is 6.58. The van der Waals surface area contributed by atoms with Gasteiger partial charge >= 0.3 is 6.03 Å². The van der Waals surface area contributed by atoms with Crippen LogP contribution in [0.25, 0.3) is 22.3 Å². The lowest BCUT2D eigenvalue weighted by Gasteiger charge is -2.50. The highest BCUT2D eigenvalue weighted by Crippen LogP contribution is 2.48. The van der Waals surface area contributed by atoms with Gasteiger partial charge in [-0.1, -0.05) is 49.3 Å². The SMILES string of the molecule is Cc1nc2ccc([C@]3(O)CCN(Cc4ccc(-c5ncon5)cc4)CC3(C)C)c(F)c2cc1N1CCC(=O)NC1=O. The van der Waals surface area contributed by atoms with Crippen LogP contribution in [0.15, 0.2) is 53.4 Å². The largest absolute Gasteiger partial charge is 0.384 e. The summed E-state index contributed by atoms with van der Waals surface area (Å²) in [7, 11) is 0. The van der Waals surface area contributed by atoms with Gasteiger partial charge in [0.2, 0.25) is 18.1 Å². The third-order valence-electron chi connectivity index (χ3n) is 8.39. The molecule has 0 radical (unpaired) electrons. The van der Waals surface area contributed by atoms with Crippen LogP contribution in [-0.4, -0.2) is 56.7 Å². The van der Waals surface area contributed by atoms with Crippen LogP contribution in [0.4, 0.5) is 14.9 Å². The second kappa shape index (κ2) is 10.0. The summed E-state index contributed by atoms with van der Waals surface area (Å²) in [6.45, 7) is 7.64. The van der Waals surface area contributed by atoms with Gasteiger partial charge in [0, 0.05) is 54.5 Å². The lowest BCUT2D eigenvalue weighted by molar-refractivity contribution is -0.128. The molecule has 2 aliphatic rings. The van der Waals surface area contributed by atoms with E-state index in [-0.39, 0.29) is 29.8 Å². The van der Waals surface area contributed by atoms with E-state index in [4.69, 9.17) is 4.52 Å². The van der Waals surface area contributed by atoms with E-state index in [0.29, 0.717) is 48.8 Å². The minimum absolute atomic E-state index is 0.152. The summed E-state index contributed by atoms with van der Waals surface area (Å²) in [5.41, 5.74) is 1.50. The summed E-state index contributed by atoms with van der Waals surface area (Å²) in [5, 5.41) is 18.5. The first-order chi connectivity index (χ1) is 19.6. The number of fused-ring (bicyclic) bond motifs is 1. The van der Waals surface area contributed by atoms with Crippen molar-refractivity contribution in [2.45, 2.75) is 45.8 Å². The van der Waals surface area contributed by atoms with Crippen molar-refractivity contribution in [3.63, 3.8) is 0 Å². The number of carbonyl (C=O) groups is 2. The first-order valence-electron chi connectivity index (χ1n) is 13.6. The average Bonchev–Trinajstić information content (AvgIpc) is 3.47. The Labute approximate surface area is 236 Å². The van der Waals surface area contributed by atoms with Gasteiger partial charge in [0.1, 0.15) is 5.82 Å². The lowest BCUT2D eigenvalue weighted by atomic mass is 9.66. The molecule has 1 atom stereocenters. The fourth-order valence-corrected chi connectivity index (χ4v) is 6.06. The molecule has 0 unspecified atom stereocenters. The molecule has 2 aliphatic heterocycles. The topological polar surface area (TPSA) is 125 Å². The predicted molar refractivity (Wildman–Crippen MR) is 149 cm³/mol. The summed E-state index contributed by atoms with van der Waals surface area (Å²) < 4.78 is 21.1. The van der Waals surface area contributed by atoms with Gasteiger partial charge in [-0.05, 0) is 31.0 Å². The van der Waals surface area contributed by atoms with E-state index in [9.17, 15) is 14.7 Å². The van der Waals surface area contributed by atoms with Crippen LogP contribution >= 0.6 is 0 Å². The van der Waals surface area contributed by atoms with Crippen LogP contribution < -0.4 is 10.2 Å². The number of benzene rings is 2. The molecule has 41 heavy (non-hydrogen) atoms. The molecular formula is C30H31FN6O4. The van der Waals surface area contributed by atoms with Gasteiger partial charge in [-0.15, -0.1) is 0 Å². The summed E-state index contributed by atoms with van der Waals surface area (Å²) >= 11 is 0. The van der Waals surface area contributed by atoms with E-state index >= 15 is 4.39 Å². The Morgan fingerprint density at radius 2 is 1.90 bits per heavy atom. The number of nitrogens with zero attached hydrogens (tertiary/aromatic N) is 5. The first kappa shape index (κ1) is 27.0. The Morgan fingerprint density at radius 1 is 1.12 bits per heavy atom. The van der Waals surface area contributed by atoms with Crippen LogP contribution in [0, 0.1) is 18.2 Å². The quantitative estimate of drug-likeness (QED) is 0.372. The summed E-state index contributed by atoms with van der Waals surface area (Å²) in [6.07, 6.45) is 1.79. The minimum Gasteiger partial charge on any atom is -0.384 e. The number of piperidine rings is 1. The molecule has 6 rings (SSSR count). The molecule has 4 aromatic rings. The van der Waals surface area contributed by atoms with Gasteiger partial charge in [0.05, 0.1) is 22.5 Å². The monoisotopic (exact) mass is 558 g/mol. The van der Waals surface area contributed by atoms with Crippen molar-refractivity contribution in [1.82, 2.24) is 25.3 Å². The van der Waals surface area contributed by atoms with E-state index in [0.717, 1.165) is 11.1 Å². The number of hydrogen-bond acceptors (Lipinski definition) is 8. The molecule has 2 aromatic carbocycles. The molecule has 3 amide bonds. The van der Waals surface area contributed by atoms with E-state index < -0.39 is 22.9 Å². The molecule has 11 heteroatoms. The van der Waals surface area contributed by atoms with Crippen LogP contribution in [0.2, 0.25) is 0 Å².